The van der Waals surface area contributed by atoms with Crippen LogP contribution in [-0.4, -0.2) is 18.4 Å². The summed E-state index contributed by atoms with van der Waals surface area (Å²) in [6, 6.07) is 14.1. The second-order valence-electron chi connectivity index (χ2n) is 5.45. The molecule has 2 N–H and O–H groups in total. The maximum Gasteiger partial charge on any atom is 0.246 e. The van der Waals surface area contributed by atoms with Crippen molar-refractivity contribution < 1.29 is 9.59 Å². The van der Waals surface area contributed by atoms with E-state index in [4.69, 9.17) is 23.2 Å². The van der Waals surface area contributed by atoms with E-state index in [9.17, 15) is 9.59 Å². The van der Waals surface area contributed by atoms with Gasteiger partial charge in [-0.05, 0) is 30.3 Å². The van der Waals surface area contributed by atoms with Crippen LogP contribution >= 0.6 is 23.2 Å². The smallest absolute Gasteiger partial charge is 0.246 e. The summed E-state index contributed by atoms with van der Waals surface area (Å²) < 4.78 is 0. The maximum absolute atomic E-state index is 12.4. The van der Waals surface area contributed by atoms with E-state index in [1.807, 2.05) is 30.3 Å². The van der Waals surface area contributed by atoms with E-state index in [-0.39, 0.29) is 18.2 Å². The van der Waals surface area contributed by atoms with Crippen LogP contribution in [0.2, 0.25) is 10.0 Å². The number of hydrogen-bond donors (Lipinski definition) is 2. The molecule has 3 rings (SSSR count). The van der Waals surface area contributed by atoms with Crippen molar-refractivity contribution in [3.05, 3.63) is 58.6 Å². The molecule has 1 unspecified atom stereocenters. The summed E-state index contributed by atoms with van der Waals surface area (Å²) in [5, 5.41) is 5.00. The highest BCUT2D eigenvalue weighted by atomic mass is 35.5. The van der Waals surface area contributed by atoms with Gasteiger partial charge in [0.25, 0.3) is 0 Å². The number of benzene rings is 2. The quantitative estimate of drug-likeness (QED) is 0.873. The zero-order valence-electron chi connectivity index (χ0n) is 12.6. The van der Waals surface area contributed by atoms with Crippen LogP contribution in [0.15, 0.2) is 48.5 Å². The first kappa shape index (κ1) is 16.8. The average molecular weight is 364 g/mol. The van der Waals surface area contributed by atoms with Gasteiger partial charge >= 0.3 is 0 Å². The van der Waals surface area contributed by atoms with E-state index in [2.05, 4.69) is 10.7 Å². The van der Waals surface area contributed by atoms with Gasteiger partial charge in [-0.1, -0.05) is 41.4 Å². The lowest BCUT2D eigenvalue weighted by Crippen LogP contribution is -2.34. The van der Waals surface area contributed by atoms with Crippen LogP contribution in [0, 0.1) is 5.92 Å². The minimum atomic E-state index is -0.409. The lowest BCUT2D eigenvalue weighted by molar-refractivity contribution is -0.124. The Labute approximate surface area is 149 Å². The third-order valence-corrected chi connectivity index (χ3v) is 4.45. The van der Waals surface area contributed by atoms with Gasteiger partial charge in [0.1, 0.15) is 0 Å². The number of carbonyl (C=O) groups is 2. The Morgan fingerprint density at radius 2 is 1.92 bits per heavy atom. The van der Waals surface area contributed by atoms with E-state index < -0.39 is 5.92 Å². The van der Waals surface area contributed by atoms with Gasteiger partial charge in [0.15, 0.2) is 0 Å². The van der Waals surface area contributed by atoms with Crippen molar-refractivity contribution in [2.75, 3.05) is 16.9 Å². The van der Waals surface area contributed by atoms with Crippen LogP contribution < -0.4 is 15.8 Å². The summed E-state index contributed by atoms with van der Waals surface area (Å²) >= 11 is 11.8. The van der Waals surface area contributed by atoms with E-state index in [1.54, 1.807) is 18.2 Å². The molecule has 0 aliphatic carbocycles. The number of amides is 2. The molecule has 2 amide bonds. The van der Waals surface area contributed by atoms with E-state index in [0.29, 0.717) is 22.3 Å². The fourth-order valence-electron chi connectivity index (χ4n) is 2.51. The van der Waals surface area contributed by atoms with Crippen LogP contribution in [0.4, 0.5) is 11.4 Å². The van der Waals surface area contributed by atoms with Gasteiger partial charge < -0.3 is 5.32 Å². The first-order chi connectivity index (χ1) is 11.5. The van der Waals surface area contributed by atoms with Crippen LogP contribution in [0.25, 0.3) is 0 Å². The minimum absolute atomic E-state index is 0.0927. The lowest BCUT2D eigenvalue weighted by atomic mass is 10.1. The third-order valence-electron chi connectivity index (χ3n) is 3.71. The standard InChI is InChI=1S/C17H15Cl2N3O2/c18-14-7-6-12(9-15(14)19)21-16(23)8-11-10-20-22(17(11)24)13-4-2-1-3-5-13/h1-7,9,11,20H,8,10H2,(H,21,23). The van der Waals surface area contributed by atoms with Crippen molar-refractivity contribution in [1.29, 1.82) is 0 Å². The molecule has 2 aromatic carbocycles. The van der Waals surface area contributed by atoms with Gasteiger partial charge in [0, 0.05) is 18.7 Å². The number of rotatable bonds is 4. The Morgan fingerprint density at radius 1 is 1.17 bits per heavy atom. The molecule has 1 aliphatic heterocycles. The number of nitrogens with zero attached hydrogens (tertiary/aromatic N) is 1. The molecule has 0 saturated carbocycles. The molecule has 1 atom stereocenters. The average Bonchev–Trinajstić information content (AvgIpc) is 2.92. The highest BCUT2D eigenvalue weighted by molar-refractivity contribution is 6.42. The number of hydrazine groups is 1. The Bertz CT molecular complexity index is 768. The van der Waals surface area contributed by atoms with Crippen molar-refractivity contribution in [3.8, 4) is 0 Å². The van der Waals surface area contributed by atoms with Gasteiger partial charge in [-0.15, -0.1) is 0 Å². The minimum Gasteiger partial charge on any atom is -0.326 e. The van der Waals surface area contributed by atoms with Crippen LogP contribution in [0.5, 0.6) is 0 Å². The Balaban J connectivity index is 1.61. The van der Waals surface area contributed by atoms with Crippen molar-refractivity contribution in [1.82, 2.24) is 5.43 Å². The molecule has 2 aromatic rings. The zero-order chi connectivity index (χ0) is 17.1. The van der Waals surface area contributed by atoms with Crippen LogP contribution in [-0.2, 0) is 9.59 Å². The summed E-state index contributed by atoms with van der Waals surface area (Å²) in [7, 11) is 0. The normalized spacial score (nSPS) is 17.2. The van der Waals surface area contributed by atoms with Crippen molar-refractivity contribution in [3.63, 3.8) is 0 Å². The molecule has 0 spiro atoms. The first-order valence-corrected chi connectivity index (χ1v) is 8.17. The largest absolute Gasteiger partial charge is 0.326 e. The van der Waals surface area contributed by atoms with Crippen LogP contribution in [0.1, 0.15) is 6.42 Å². The highest BCUT2D eigenvalue weighted by Gasteiger charge is 2.33. The van der Waals surface area contributed by atoms with Crippen molar-refractivity contribution >= 4 is 46.4 Å². The van der Waals surface area contributed by atoms with Gasteiger partial charge in [-0.25, -0.2) is 10.4 Å². The van der Waals surface area contributed by atoms with Gasteiger partial charge in [0.2, 0.25) is 11.8 Å². The number of carbonyl (C=O) groups excluding carboxylic acids is 2. The second kappa shape index (κ2) is 7.21. The Kier molecular flexibility index (Phi) is 5.04. The molecule has 124 valence electrons. The van der Waals surface area contributed by atoms with E-state index >= 15 is 0 Å². The number of halogens is 2. The molecule has 1 heterocycles. The van der Waals surface area contributed by atoms with Gasteiger partial charge in [-0.2, -0.15) is 0 Å². The summed E-state index contributed by atoms with van der Waals surface area (Å²) in [5.74, 6) is -0.776. The lowest BCUT2D eigenvalue weighted by Gasteiger charge is -2.16. The molecule has 7 heteroatoms. The third kappa shape index (κ3) is 3.70. The zero-order valence-corrected chi connectivity index (χ0v) is 14.1. The fourth-order valence-corrected chi connectivity index (χ4v) is 2.81. The van der Waals surface area contributed by atoms with Crippen LogP contribution in [0.3, 0.4) is 0 Å². The van der Waals surface area contributed by atoms with E-state index in [0.717, 1.165) is 5.69 Å². The van der Waals surface area contributed by atoms with Crippen molar-refractivity contribution in [2.45, 2.75) is 6.42 Å². The molecule has 1 fully saturated rings. The molecule has 0 aromatic heterocycles. The number of hydrogen-bond acceptors (Lipinski definition) is 3. The summed E-state index contributed by atoms with van der Waals surface area (Å²) in [4.78, 5) is 24.6. The first-order valence-electron chi connectivity index (χ1n) is 7.42. The van der Waals surface area contributed by atoms with E-state index in [1.165, 1.54) is 5.01 Å². The molecule has 24 heavy (non-hydrogen) atoms. The Hall–Kier alpha value is -2.08. The highest BCUT2D eigenvalue weighted by Crippen LogP contribution is 2.26. The maximum atomic E-state index is 12.4. The fraction of sp³-hybridized carbons (Fsp3) is 0.176. The number of anilines is 2. The molecule has 1 aliphatic rings. The topological polar surface area (TPSA) is 61.4 Å². The monoisotopic (exact) mass is 363 g/mol. The summed E-state index contributed by atoms with van der Waals surface area (Å²) in [5.41, 5.74) is 4.33. The number of nitrogens with one attached hydrogen (secondary N) is 2. The summed E-state index contributed by atoms with van der Waals surface area (Å²) in [6.07, 6.45) is 0.0927. The predicted octanol–water partition coefficient (Wildman–Crippen LogP) is 3.49. The molecule has 0 radical (unpaired) electrons. The molecule has 0 bridgehead atoms. The second-order valence-corrected chi connectivity index (χ2v) is 6.26. The van der Waals surface area contributed by atoms with Crippen molar-refractivity contribution in [2.24, 2.45) is 5.92 Å². The molecule has 5 nitrogen and oxygen atoms in total. The molecule has 1 saturated heterocycles. The van der Waals surface area contributed by atoms with Gasteiger partial charge in [0.05, 0.1) is 21.7 Å². The number of para-hydroxylation sites is 1. The predicted molar refractivity (Wildman–Crippen MR) is 95.1 cm³/mol. The summed E-state index contributed by atoms with van der Waals surface area (Å²) in [6.45, 7) is 0.419. The molecular formula is C17H15Cl2N3O2. The van der Waals surface area contributed by atoms with Gasteiger partial charge in [-0.3, -0.25) is 9.59 Å². The SMILES string of the molecule is O=C(CC1CNN(c2ccccc2)C1=O)Nc1ccc(Cl)c(Cl)c1. The Morgan fingerprint density at radius 3 is 2.62 bits per heavy atom. The molecular weight excluding hydrogens is 349 g/mol.